The number of fused-ring (bicyclic) bond motifs is 1. The number of aryl methyl sites for hydroxylation is 1. The molecule has 51 heavy (non-hydrogen) atoms. The predicted molar refractivity (Wildman–Crippen MR) is 188 cm³/mol. The second-order valence-electron chi connectivity index (χ2n) is 11.8. The number of ether oxygens (including phenoxy) is 1. The van der Waals surface area contributed by atoms with Crippen LogP contribution in [0.4, 0.5) is 14.6 Å². The minimum Gasteiger partial charge on any atom is -0.454 e. The van der Waals surface area contributed by atoms with E-state index < -0.39 is 32.5 Å². The normalized spacial score (nSPS) is 12.0. The fourth-order valence-electron chi connectivity index (χ4n) is 6.06. The summed E-state index contributed by atoms with van der Waals surface area (Å²) in [5, 5.41) is 13.2. The van der Waals surface area contributed by atoms with Gasteiger partial charge in [-0.1, -0.05) is 48.5 Å². The van der Waals surface area contributed by atoms with Crippen LogP contribution in [-0.4, -0.2) is 29.0 Å². The number of carbonyl (C=O) groups is 1. The van der Waals surface area contributed by atoms with Gasteiger partial charge in [0.15, 0.2) is 21.4 Å². The van der Waals surface area contributed by atoms with Crippen LogP contribution in [0.1, 0.15) is 43.6 Å². The molecule has 7 rings (SSSR count). The first-order chi connectivity index (χ1) is 24.6. The molecular weight excluding hydrogens is 673 g/mol. The second-order valence-corrected chi connectivity index (χ2v) is 13.8. The van der Waals surface area contributed by atoms with Crippen molar-refractivity contribution in [2.24, 2.45) is 0 Å². The molecule has 0 spiro atoms. The van der Waals surface area contributed by atoms with Crippen LogP contribution in [0.5, 0.6) is 11.5 Å². The zero-order valence-electron chi connectivity index (χ0n) is 26.8. The zero-order chi connectivity index (χ0) is 35.9. The third-order valence-electron chi connectivity index (χ3n) is 8.52. The summed E-state index contributed by atoms with van der Waals surface area (Å²) in [6.07, 6.45) is 1.34. The Labute approximate surface area is 291 Å². The number of halogens is 2. The number of aromatic nitrogens is 3. The van der Waals surface area contributed by atoms with Gasteiger partial charge in [-0.25, -0.2) is 17.5 Å². The third-order valence-corrected chi connectivity index (χ3v) is 10.6. The van der Waals surface area contributed by atoms with Crippen LogP contribution >= 0.6 is 0 Å². The number of nitrogens with two attached hydrogens (primary N) is 1. The number of nitrogens with one attached hydrogen (secondary N) is 1. The van der Waals surface area contributed by atoms with Gasteiger partial charge in [-0.15, -0.1) is 0 Å². The van der Waals surface area contributed by atoms with E-state index in [0.29, 0.717) is 38.8 Å². The molecular formula is C39H27F2N5O4S. The van der Waals surface area contributed by atoms with E-state index in [1.54, 1.807) is 91.9 Å². The number of carbonyl (C=O) groups excluding carboxylic acids is 1. The monoisotopic (exact) mass is 699 g/mol. The number of ketones is 1. The number of anilines is 1. The lowest BCUT2D eigenvalue weighted by Crippen LogP contribution is -2.16. The average molecular weight is 700 g/mol. The molecule has 7 aromatic rings. The zero-order valence-corrected chi connectivity index (χ0v) is 27.7. The van der Waals surface area contributed by atoms with Crippen LogP contribution in [-0.2, 0) is 9.84 Å². The predicted octanol–water partition coefficient (Wildman–Crippen LogP) is 7.98. The third kappa shape index (κ3) is 6.00. The van der Waals surface area contributed by atoms with E-state index in [1.165, 1.54) is 35.1 Å². The molecule has 0 fully saturated rings. The Morgan fingerprint density at radius 1 is 0.941 bits per heavy atom. The first kappa shape index (κ1) is 32.9. The van der Waals surface area contributed by atoms with Crippen molar-refractivity contribution in [3.8, 4) is 23.3 Å². The Morgan fingerprint density at radius 2 is 1.71 bits per heavy atom. The van der Waals surface area contributed by atoms with E-state index in [-0.39, 0.29) is 33.5 Å². The average Bonchev–Trinajstić information content (AvgIpc) is 3.75. The summed E-state index contributed by atoms with van der Waals surface area (Å²) >= 11 is 0. The Morgan fingerprint density at radius 3 is 2.47 bits per heavy atom. The van der Waals surface area contributed by atoms with Crippen molar-refractivity contribution < 1.29 is 26.7 Å². The van der Waals surface area contributed by atoms with Gasteiger partial charge in [-0.05, 0) is 90.3 Å². The Kier molecular flexibility index (Phi) is 8.42. The molecule has 0 saturated carbocycles. The van der Waals surface area contributed by atoms with Crippen molar-refractivity contribution in [3.63, 3.8) is 0 Å². The molecule has 1 atom stereocenters. The van der Waals surface area contributed by atoms with E-state index in [4.69, 9.17) is 10.5 Å². The van der Waals surface area contributed by atoms with E-state index in [0.717, 1.165) is 6.07 Å². The number of nitrogen functional groups attached to an aromatic ring is 1. The van der Waals surface area contributed by atoms with E-state index in [2.05, 4.69) is 16.2 Å². The van der Waals surface area contributed by atoms with Gasteiger partial charge in [-0.3, -0.25) is 4.79 Å². The number of nitriles is 1. The lowest BCUT2D eigenvalue weighted by molar-refractivity contribution is 0.103. The molecule has 0 bridgehead atoms. The molecule has 0 radical (unpaired) electrons. The summed E-state index contributed by atoms with van der Waals surface area (Å²) in [6, 6.07) is 31.8. The lowest BCUT2D eigenvalue weighted by Gasteiger charge is -2.20. The van der Waals surface area contributed by atoms with Gasteiger partial charge in [0.2, 0.25) is 11.6 Å². The minimum atomic E-state index is -4.04. The SMILES string of the molecule is Cc1cc(Oc2cccc(F)c2F)ccc1-n1ncc(C(=O)c2cc3c(C(c4cccc(C#N)c4)S(=O)(=O)c4ccccc4)cccc3[nH]2)c1N. The highest BCUT2D eigenvalue weighted by Crippen LogP contribution is 2.39. The lowest BCUT2D eigenvalue weighted by atomic mass is 9.99. The molecule has 0 amide bonds. The summed E-state index contributed by atoms with van der Waals surface area (Å²) in [6.45, 7) is 1.75. The second kappa shape index (κ2) is 13.0. The van der Waals surface area contributed by atoms with Gasteiger partial charge in [0, 0.05) is 10.9 Å². The van der Waals surface area contributed by atoms with Crippen molar-refractivity contribution >= 4 is 32.3 Å². The van der Waals surface area contributed by atoms with Crippen molar-refractivity contribution in [2.45, 2.75) is 17.1 Å². The number of aromatic amines is 1. The Hall–Kier alpha value is -6.58. The van der Waals surface area contributed by atoms with Crippen LogP contribution in [0.25, 0.3) is 16.6 Å². The maximum atomic E-state index is 14.3. The maximum absolute atomic E-state index is 14.3. The van der Waals surface area contributed by atoms with Crippen LogP contribution in [0.3, 0.4) is 0 Å². The largest absolute Gasteiger partial charge is 0.454 e. The van der Waals surface area contributed by atoms with Gasteiger partial charge in [-0.2, -0.15) is 14.8 Å². The molecule has 252 valence electrons. The smallest absolute Gasteiger partial charge is 0.214 e. The van der Waals surface area contributed by atoms with Crippen molar-refractivity contribution in [1.29, 1.82) is 5.26 Å². The molecule has 2 heterocycles. The topological polar surface area (TPSA) is 144 Å². The molecule has 0 aliphatic carbocycles. The maximum Gasteiger partial charge on any atom is 0.214 e. The molecule has 2 aromatic heterocycles. The van der Waals surface area contributed by atoms with Crippen molar-refractivity contribution in [3.05, 3.63) is 167 Å². The first-order valence-electron chi connectivity index (χ1n) is 15.6. The van der Waals surface area contributed by atoms with Crippen LogP contribution < -0.4 is 10.5 Å². The summed E-state index contributed by atoms with van der Waals surface area (Å²) in [5.41, 5.74) is 9.52. The van der Waals surface area contributed by atoms with Crippen LogP contribution in [0.15, 0.2) is 126 Å². The van der Waals surface area contributed by atoms with Gasteiger partial charge in [0.05, 0.1) is 39.7 Å². The van der Waals surface area contributed by atoms with Crippen molar-refractivity contribution in [2.75, 3.05) is 5.73 Å². The fourth-order valence-corrected chi connectivity index (χ4v) is 7.92. The fraction of sp³-hybridized carbons (Fsp3) is 0.0513. The summed E-state index contributed by atoms with van der Waals surface area (Å²) in [4.78, 5) is 17.2. The van der Waals surface area contributed by atoms with E-state index in [9.17, 15) is 27.3 Å². The number of H-pyrrole nitrogens is 1. The first-order valence-corrected chi connectivity index (χ1v) is 17.1. The highest BCUT2D eigenvalue weighted by atomic mass is 32.2. The number of hydrogen-bond donors (Lipinski definition) is 2. The molecule has 3 N–H and O–H groups in total. The summed E-state index contributed by atoms with van der Waals surface area (Å²) in [5.74, 6) is -2.59. The number of rotatable bonds is 9. The molecule has 0 saturated heterocycles. The molecule has 0 aliphatic heterocycles. The number of benzene rings is 5. The molecule has 9 nitrogen and oxygen atoms in total. The number of sulfone groups is 1. The van der Waals surface area contributed by atoms with Crippen LogP contribution in [0, 0.1) is 29.9 Å². The van der Waals surface area contributed by atoms with Gasteiger partial charge >= 0.3 is 0 Å². The highest BCUT2D eigenvalue weighted by molar-refractivity contribution is 7.92. The molecule has 12 heteroatoms. The number of nitrogens with zero attached hydrogens (tertiary/aromatic N) is 3. The molecule has 5 aromatic carbocycles. The molecule has 1 unspecified atom stereocenters. The van der Waals surface area contributed by atoms with Crippen molar-refractivity contribution in [1.82, 2.24) is 14.8 Å². The number of hydrogen-bond acceptors (Lipinski definition) is 7. The summed E-state index contributed by atoms with van der Waals surface area (Å²) in [7, 11) is -4.04. The Bertz CT molecular complexity index is 2630. The molecule has 0 aliphatic rings. The van der Waals surface area contributed by atoms with E-state index in [1.807, 2.05) is 0 Å². The highest BCUT2D eigenvalue weighted by Gasteiger charge is 2.33. The van der Waals surface area contributed by atoms with Gasteiger partial charge in [0.25, 0.3) is 0 Å². The summed E-state index contributed by atoms with van der Waals surface area (Å²) < 4.78 is 63.3. The minimum absolute atomic E-state index is 0.0460. The quantitative estimate of drug-likeness (QED) is 0.145. The van der Waals surface area contributed by atoms with Gasteiger partial charge in [0.1, 0.15) is 16.8 Å². The van der Waals surface area contributed by atoms with E-state index >= 15 is 0 Å². The standard InChI is InChI=1S/C39H27F2N5O4S/c1-23-18-26(50-35-15-7-13-31(40)36(35)41)16-17-34(23)46-39(43)30(22-44-46)37(47)33-20-29-28(12-6-14-32(29)45-33)38(25-9-5-8-24(19-25)21-42)51(48,49)27-10-3-2-4-11-27/h2-20,22,38,45H,43H2,1H3. The van der Waals surface area contributed by atoms with Crippen LogP contribution in [0.2, 0.25) is 0 Å². The van der Waals surface area contributed by atoms with Gasteiger partial charge < -0.3 is 15.5 Å². The Balaban J connectivity index is 1.25.